The summed E-state index contributed by atoms with van der Waals surface area (Å²) in [7, 11) is 2.13. The van der Waals surface area contributed by atoms with Gasteiger partial charge in [0.2, 0.25) is 5.91 Å². The van der Waals surface area contributed by atoms with E-state index in [2.05, 4.69) is 46.5 Å². The van der Waals surface area contributed by atoms with Crippen molar-refractivity contribution in [3.05, 3.63) is 41.1 Å². The lowest BCUT2D eigenvalue weighted by atomic mass is 9.79. The van der Waals surface area contributed by atoms with Crippen molar-refractivity contribution in [1.82, 2.24) is 15.2 Å². The molecule has 0 bridgehead atoms. The summed E-state index contributed by atoms with van der Waals surface area (Å²) in [5.41, 5.74) is 6.74. The number of fused-ring (bicyclic) bond motifs is 2. The third-order valence-corrected chi connectivity index (χ3v) is 6.81. The van der Waals surface area contributed by atoms with Crippen molar-refractivity contribution in [2.24, 2.45) is 5.92 Å². The molecule has 1 saturated carbocycles. The lowest BCUT2D eigenvalue weighted by Gasteiger charge is -2.40. The van der Waals surface area contributed by atoms with Crippen LogP contribution in [0.5, 0.6) is 0 Å². The van der Waals surface area contributed by atoms with Gasteiger partial charge in [0.1, 0.15) is 0 Å². The van der Waals surface area contributed by atoms with Gasteiger partial charge in [-0.3, -0.25) is 9.69 Å². The summed E-state index contributed by atoms with van der Waals surface area (Å²) in [6.07, 6.45) is 6.54. The van der Waals surface area contributed by atoms with Crippen molar-refractivity contribution < 1.29 is 9.90 Å². The van der Waals surface area contributed by atoms with E-state index in [0.29, 0.717) is 12.0 Å². The normalized spacial score (nSPS) is 25.3. The molecule has 3 atom stereocenters. The van der Waals surface area contributed by atoms with Gasteiger partial charge >= 0.3 is 0 Å². The van der Waals surface area contributed by atoms with Crippen LogP contribution in [0.15, 0.2) is 24.3 Å². The molecule has 5 rings (SSSR count). The number of carbonyl (C=O) groups excluding carboxylic acids is 1. The first kappa shape index (κ1) is 18.0. The van der Waals surface area contributed by atoms with Crippen molar-refractivity contribution in [1.29, 1.82) is 0 Å². The van der Waals surface area contributed by atoms with Crippen LogP contribution in [0, 0.1) is 5.92 Å². The predicted molar refractivity (Wildman–Crippen MR) is 111 cm³/mol. The SMILES string of the molecule is CCC(CO)NC(=O)C1C=C2c3cccc4[nH]c(C5CC5)c(c34)C[C@H]2N(C)C1. The molecule has 148 valence electrons. The maximum absolute atomic E-state index is 12.8. The smallest absolute Gasteiger partial charge is 0.228 e. The van der Waals surface area contributed by atoms with Crippen LogP contribution in [-0.2, 0) is 11.2 Å². The number of aromatic amines is 1. The quantitative estimate of drug-likeness (QED) is 0.748. The van der Waals surface area contributed by atoms with Crippen molar-refractivity contribution >= 4 is 22.4 Å². The van der Waals surface area contributed by atoms with Crippen LogP contribution in [-0.4, -0.2) is 53.2 Å². The van der Waals surface area contributed by atoms with Gasteiger partial charge in [0.05, 0.1) is 18.6 Å². The molecule has 1 aliphatic heterocycles. The minimum atomic E-state index is -0.185. The number of H-pyrrole nitrogens is 1. The summed E-state index contributed by atoms with van der Waals surface area (Å²) < 4.78 is 0. The van der Waals surface area contributed by atoms with Crippen LogP contribution < -0.4 is 5.32 Å². The Kier molecular flexibility index (Phi) is 4.33. The van der Waals surface area contributed by atoms with E-state index in [9.17, 15) is 9.90 Å². The molecule has 0 saturated heterocycles. The Labute approximate surface area is 165 Å². The van der Waals surface area contributed by atoms with Crippen molar-refractivity contribution in [3.8, 4) is 0 Å². The summed E-state index contributed by atoms with van der Waals surface area (Å²) in [6.45, 7) is 2.69. The van der Waals surface area contributed by atoms with Crippen LogP contribution in [0.4, 0.5) is 0 Å². The molecule has 2 unspecified atom stereocenters. The topological polar surface area (TPSA) is 68.4 Å². The Morgan fingerprint density at radius 3 is 2.93 bits per heavy atom. The molecule has 1 fully saturated rings. The van der Waals surface area contributed by atoms with Crippen molar-refractivity contribution in [3.63, 3.8) is 0 Å². The number of nitrogens with one attached hydrogen (secondary N) is 2. The zero-order valence-corrected chi connectivity index (χ0v) is 16.7. The van der Waals surface area contributed by atoms with Gasteiger partial charge in [-0.2, -0.15) is 0 Å². The number of aliphatic hydroxyl groups excluding tert-OH is 1. The molecule has 5 heteroatoms. The number of carbonyl (C=O) groups is 1. The fraction of sp³-hybridized carbons (Fsp3) is 0.522. The fourth-order valence-corrected chi connectivity index (χ4v) is 5.04. The minimum absolute atomic E-state index is 0.0139. The number of rotatable bonds is 5. The van der Waals surface area contributed by atoms with Gasteiger partial charge in [-0.25, -0.2) is 0 Å². The Morgan fingerprint density at radius 1 is 1.39 bits per heavy atom. The number of hydrogen-bond donors (Lipinski definition) is 3. The fourth-order valence-electron chi connectivity index (χ4n) is 5.04. The lowest BCUT2D eigenvalue weighted by Crippen LogP contribution is -2.48. The van der Waals surface area contributed by atoms with Gasteiger partial charge < -0.3 is 15.4 Å². The number of nitrogens with zero attached hydrogens (tertiary/aromatic N) is 1. The van der Waals surface area contributed by atoms with Crippen LogP contribution in [0.25, 0.3) is 16.5 Å². The highest BCUT2D eigenvalue weighted by atomic mass is 16.3. The Bertz CT molecular complexity index is 952. The molecule has 0 spiro atoms. The molecule has 3 aliphatic rings. The molecular formula is C23H29N3O2. The third-order valence-electron chi connectivity index (χ3n) is 6.81. The maximum atomic E-state index is 12.8. The largest absolute Gasteiger partial charge is 0.394 e. The zero-order valence-electron chi connectivity index (χ0n) is 16.7. The standard InChI is InChI=1S/C23H29N3O2/c1-3-15(12-27)24-23(28)14-9-17-16-5-4-6-19-21(16)18(10-20(17)26(2)11-14)22(25-19)13-7-8-13/h4-6,9,13-15,20,25,27H,3,7-8,10-12H2,1-2H3,(H,24,28)/t14?,15?,20-/m1/s1. The third kappa shape index (κ3) is 2.80. The highest BCUT2D eigenvalue weighted by molar-refractivity contribution is 6.00. The summed E-state index contributed by atoms with van der Waals surface area (Å²) in [5, 5.41) is 13.8. The molecule has 2 aromatic rings. The van der Waals surface area contributed by atoms with Gasteiger partial charge in [-0.1, -0.05) is 25.1 Å². The zero-order chi connectivity index (χ0) is 19.4. The van der Waals surface area contributed by atoms with E-state index in [1.165, 1.54) is 46.1 Å². The number of hydrogen-bond acceptors (Lipinski definition) is 3. The van der Waals surface area contributed by atoms with Crippen molar-refractivity contribution in [2.45, 2.75) is 50.6 Å². The number of benzene rings is 1. The monoisotopic (exact) mass is 379 g/mol. The van der Waals surface area contributed by atoms with E-state index in [1.807, 2.05) is 6.92 Å². The second-order valence-electron chi connectivity index (χ2n) is 8.70. The first-order valence-corrected chi connectivity index (χ1v) is 10.6. The number of likely N-dealkylation sites (N-methyl/N-ethyl adjacent to an activating group) is 1. The number of amides is 1. The molecule has 28 heavy (non-hydrogen) atoms. The molecule has 5 nitrogen and oxygen atoms in total. The van der Waals surface area contributed by atoms with Gasteiger partial charge in [0.15, 0.2) is 0 Å². The Morgan fingerprint density at radius 2 is 2.21 bits per heavy atom. The first-order valence-electron chi connectivity index (χ1n) is 10.6. The van der Waals surface area contributed by atoms with Gasteiger partial charge in [0, 0.05) is 29.2 Å². The average Bonchev–Trinajstić information content (AvgIpc) is 3.49. The van der Waals surface area contributed by atoms with Crippen LogP contribution >= 0.6 is 0 Å². The first-order chi connectivity index (χ1) is 13.6. The minimum Gasteiger partial charge on any atom is -0.394 e. The van der Waals surface area contributed by atoms with E-state index >= 15 is 0 Å². The molecule has 1 aromatic carbocycles. The van der Waals surface area contributed by atoms with Gasteiger partial charge in [-0.05, 0) is 61.4 Å². The van der Waals surface area contributed by atoms with Gasteiger partial charge in [-0.15, -0.1) is 0 Å². The van der Waals surface area contributed by atoms with E-state index in [-0.39, 0.29) is 24.5 Å². The summed E-state index contributed by atoms with van der Waals surface area (Å²) in [6, 6.07) is 6.68. The predicted octanol–water partition coefficient (Wildman–Crippen LogP) is 2.80. The van der Waals surface area contributed by atoms with Crippen LogP contribution in [0.3, 0.4) is 0 Å². The molecule has 3 N–H and O–H groups in total. The molecule has 0 radical (unpaired) electrons. The maximum Gasteiger partial charge on any atom is 0.228 e. The summed E-state index contributed by atoms with van der Waals surface area (Å²) in [5.74, 6) is 0.539. The summed E-state index contributed by atoms with van der Waals surface area (Å²) in [4.78, 5) is 18.9. The highest BCUT2D eigenvalue weighted by Crippen LogP contribution is 2.48. The molecular weight excluding hydrogens is 350 g/mol. The number of aliphatic hydroxyl groups is 1. The van der Waals surface area contributed by atoms with Crippen LogP contribution in [0.2, 0.25) is 0 Å². The second-order valence-corrected chi connectivity index (χ2v) is 8.70. The molecule has 1 amide bonds. The molecule has 1 aromatic heterocycles. The highest BCUT2D eigenvalue weighted by Gasteiger charge is 2.39. The Balaban J connectivity index is 1.55. The van der Waals surface area contributed by atoms with E-state index in [0.717, 1.165) is 19.4 Å². The van der Waals surface area contributed by atoms with E-state index < -0.39 is 0 Å². The van der Waals surface area contributed by atoms with Crippen molar-refractivity contribution in [2.75, 3.05) is 20.2 Å². The Hall–Kier alpha value is -2.11. The number of aromatic nitrogens is 1. The molecule has 2 heterocycles. The summed E-state index contributed by atoms with van der Waals surface area (Å²) >= 11 is 0. The van der Waals surface area contributed by atoms with E-state index in [1.54, 1.807) is 0 Å². The van der Waals surface area contributed by atoms with E-state index in [4.69, 9.17) is 0 Å². The van der Waals surface area contributed by atoms with Gasteiger partial charge in [0.25, 0.3) is 0 Å². The molecule has 2 aliphatic carbocycles. The average molecular weight is 380 g/mol. The second kappa shape index (κ2) is 6.75. The lowest BCUT2D eigenvalue weighted by molar-refractivity contribution is -0.125. The van der Waals surface area contributed by atoms with Crippen LogP contribution in [0.1, 0.15) is 48.9 Å².